The van der Waals surface area contributed by atoms with Crippen LogP contribution in [0.4, 0.5) is 10.5 Å². The standard InChI is InChI=1S/C14H20BrN3O2/c1-17-6-3-7-18(9-8-17)14(19)16-13-5-4-11(20-2)10-12(13)15/h4-5,10H,3,6-9H2,1-2H3,(H,16,19). The van der Waals surface area contributed by atoms with Crippen molar-refractivity contribution in [1.29, 1.82) is 0 Å². The summed E-state index contributed by atoms with van der Waals surface area (Å²) in [6, 6.07) is 5.46. The van der Waals surface area contributed by atoms with Crippen LogP contribution in [-0.2, 0) is 0 Å². The number of carbonyl (C=O) groups excluding carboxylic acids is 1. The maximum absolute atomic E-state index is 12.3. The van der Waals surface area contributed by atoms with E-state index in [4.69, 9.17) is 4.74 Å². The third-order valence-corrected chi connectivity index (χ3v) is 4.08. The average Bonchev–Trinajstić information content (AvgIpc) is 2.65. The van der Waals surface area contributed by atoms with Gasteiger partial charge in [0.15, 0.2) is 0 Å². The molecule has 1 heterocycles. The number of anilines is 1. The monoisotopic (exact) mass is 341 g/mol. The molecule has 1 aliphatic heterocycles. The highest BCUT2D eigenvalue weighted by Crippen LogP contribution is 2.27. The van der Waals surface area contributed by atoms with Crippen molar-refractivity contribution in [2.45, 2.75) is 6.42 Å². The van der Waals surface area contributed by atoms with Crippen molar-refractivity contribution in [2.24, 2.45) is 0 Å². The van der Waals surface area contributed by atoms with Gasteiger partial charge in [0.1, 0.15) is 5.75 Å². The number of hydrogen-bond donors (Lipinski definition) is 1. The Hall–Kier alpha value is -1.27. The smallest absolute Gasteiger partial charge is 0.321 e. The lowest BCUT2D eigenvalue weighted by atomic mass is 10.3. The van der Waals surface area contributed by atoms with E-state index in [2.05, 4.69) is 33.2 Å². The Bertz CT molecular complexity index is 481. The van der Waals surface area contributed by atoms with Crippen LogP contribution in [0.5, 0.6) is 5.75 Å². The van der Waals surface area contributed by atoms with E-state index in [1.807, 2.05) is 23.1 Å². The second kappa shape index (κ2) is 6.95. The van der Waals surface area contributed by atoms with E-state index in [1.54, 1.807) is 7.11 Å². The SMILES string of the molecule is COc1ccc(NC(=O)N2CCCN(C)CC2)c(Br)c1. The van der Waals surface area contributed by atoms with Crippen molar-refractivity contribution in [3.8, 4) is 5.75 Å². The number of benzene rings is 1. The van der Waals surface area contributed by atoms with Crippen molar-refractivity contribution in [3.05, 3.63) is 22.7 Å². The van der Waals surface area contributed by atoms with Crippen LogP contribution in [0.2, 0.25) is 0 Å². The predicted molar refractivity (Wildman–Crippen MR) is 83.4 cm³/mol. The Morgan fingerprint density at radius 2 is 2.10 bits per heavy atom. The number of carbonyl (C=O) groups is 1. The Labute approximate surface area is 128 Å². The zero-order valence-electron chi connectivity index (χ0n) is 11.9. The molecule has 1 aromatic rings. The van der Waals surface area contributed by atoms with Gasteiger partial charge in [0.25, 0.3) is 0 Å². The van der Waals surface area contributed by atoms with Crippen molar-refractivity contribution in [3.63, 3.8) is 0 Å². The fourth-order valence-corrected chi connectivity index (χ4v) is 2.62. The molecule has 2 amide bonds. The molecule has 0 atom stereocenters. The van der Waals surface area contributed by atoms with Gasteiger partial charge in [-0.05, 0) is 54.1 Å². The van der Waals surface area contributed by atoms with E-state index >= 15 is 0 Å². The first-order chi connectivity index (χ1) is 9.60. The quantitative estimate of drug-likeness (QED) is 0.899. The normalized spacial score (nSPS) is 16.6. The number of amides is 2. The van der Waals surface area contributed by atoms with E-state index in [9.17, 15) is 4.79 Å². The molecule has 0 saturated carbocycles. The first kappa shape index (κ1) is 15.1. The molecular formula is C14H20BrN3O2. The second-order valence-corrected chi connectivity index (χ2v) is 5.77. The van der Waals surface area contributed by atoms with E-state index in [1.165, 1.54) is 0 Å². The van der Waals surface area contributed by atoms with Gasteiger partial charge in [0.2, 0.25) is 0 Å². The molecule has 1 saturated heterocycles. The summed E-state index contributed by atoms with van der Waals surface area (Å²) in [6.07, 6.45) is 1.01. The molecule has 0 spiro atoms. The number of likely N-dealkylation sites (N-methyl/N-ethyl adjacent to an activating group) is 1. The van der Waals surface area contributed by atoms with E-state index in [0.717, 1.165) is 48.5 Å². The zero-order chi connectivity index (χ0) is 14.5. The minimum Gasteiger partial charge on any atom is -0.497 e. The number of hydrogen-bond acceptors (Lipinski definition) is 3. The first-order valence-corrected chi connectivity index (χ1v) is 7.47. The number of methoxy groups -OCH3 is 1. The Morgan fingerprint density at radius 1 is 1.30 bits per heavy atom. The molecule has 6 heteroatoms. The van der Waals surface area contributed by atoms with Gasteiger partial charge in [0.05, 0.1) is 12.8 Å². The van der Waals surface area contributed by atoms with E-state index in [0.29, 0.717) is 0 Å². The van der Waals surface area contributed by atoms with Crippen LogP contribution in [0.25, 0.3) is 0 Å². The van der Waals surface area contributed by atoms with Gasteiger partial charge in [-0.1, -0.05) is 0 Å². The lowest BCUT2D eigenvalue weighted by molar-refractivity contribution is 0.213. The average molecular weight is 342 g/mol. The Balaban J connectivity index is 2.00. The fourth-order valence-electron chi connectivity index (χ4n) is 2.17. The molecule has 0 bridgehead atoms. The lowest BCUT2D eigenvalue weighted by Crippen LogP contribution is -2.37. The molecule has 0 aliphatic carbocycles. The van der Waals surface area contributed by atoms with Crippen LogP contribution in [0.15, 0.2) is 22.7 Å². The summed E-state index contributed by atoms with van der Waals surface area (Å²) in [6.45, 7) is 3.51. The summed E-state index contributed by atoms with van der Waals surface area (Å²) in [7, 11) is 3.70. The van der Waals surface area contributed by atoms with Crippen molar-refractivity contribution in [1.82, 2.24) is 9.80 Å². The van der Waals surface area contributed by atoms with Gasteiger partial charge < -0.3 is 19.9 Å². The summed E-state index contributed by atoms with van der Waals surface area (Å²) in [5.41, 5.74) is 0.758. The Morgan fingerprint density at radius 3 is 2.80 bits per heavy atom. The number of nitrogens with zero attached hydrogens (tertiary/aromatic N) is 2. The largest absolute Gasteiger partial charge is 0.497 e. The summed E-state index contributed by atoms with van der Waals surface area (Å²) >= 11 is 3.44. The highest BCUT2D eigenvalue weighted by atomic mass is 79.9. The third-order valence-electron chi connectivity index (χ3n) is 3.42. The lowest BCUT2D eigenvalue weighted by Gasteiger charge is -2.21. The number of nitrogens with one attached hydrogen (secondary N) is 1. The number of urea groups is 1. The molecule has 1 N–H and O–H groups in total. The molecule has 1 fully saturated rings. The molecule has 5 nitrogen and oxygen atoms in total. The summed E-state index contributed by atoms with van der Waals surface area (Å²) in [4.78, 5) is 16.4. The van der Waals surface area contributed by atoms with Crippen molar-refractivity contribution < 1.29 is 9.53 Å². The third kappa shape index (κ3) is 3.86. The fraction of sp³-hybridized carbons (Fsp3) is 0.500. The number of ether oxygens (including phenoxy) is 1. The molecule has 2 rings (SSSR count). The van der Waals surface area contributed by atoms with Crippen LogP contribution in [0.3, 0.4) is 0 Å². The van der Waals surface area contributed by atoms with Crippen LogP contribution in [0.1, 0.15) is 6.42 Å². The van der Waals surface area contributed by atoms with Crippen LogP contribution in [-0.4, -0.2) is 56.2 Å². The van der Waals surface area contributed by atoms with Gasteiger partial charge in [-0.3, -0.25) is 0 Å². The summed E-state index contributed by atoms with van der Waals surface area (Å²) in [5.74, 6) is 0.756. The van der Waals surface area contributed by atoms with Crippen molar-refractivity contribution >= 4 is 27.6 Å². The van der Waals surface area contributed by atoms with Crippen LogP contribution >= 0.6 is 15.9 Å². The van der Waals surface area contributed by atoms with E-state index < -0.39 is 0 Å². The maximum atomic E-state index is 12.3. The number of halogens is 1. The molecule has 20 heavy (non-hydrogen) atoms. The summed E-state index contributed by atoms with van der Waals surface area (Å²) < 4.78 is 5.96. The van der Waals surface area contributed by atoms with Gasteiger partial charge in [-0.2, -0.15) is 0 Å². The minimum absolute atomic E-state index is 0.0498. The van der Waals surface area contributed by atoms with Crippen LogP contribution in [0, 0.1) is 0 Å². The highest BCUT2D eigenvalue weighted by Gasteiger charge is 2.18. The maximum Gasteiger partial charge on any atom is 0.321 e. The first-order valence-electron chi connectivity index (χ1n) is 6.68. The Kier molecular flexibility index (Phi) is 5.25. The highest BCUT2D eigenvalue weighted by molar-refractivity contribution is 9.10. The second-order valence-electron chi connectivity index (χ2n) is 4.92. The molecule has 0 aromatic heterocycles. The van der Waals surface area contributed by atoms with Crippen molar-refractivity contribution in [2.75, 3.05) is 45.7 Å². The summed E-state index contributed by atoms with van der Waals surface area (Å²) in [5, 5.41) is 2.94. The van der Waals surface area contributed by atoms with Gasteiger partial charge in [-0.25, -0.2) is 4.79 Å². The molecule has 1 aromatic carbocycles. The van der Waals surface area contributed by atoms with Gasteiger partial charge >= 0.3 is 6.03 Å². The van der Waals surface area contributed by atoms with E-state index in [-0.39, 0.29) is 6.03 Å². The molecule has 1 aliphatic rings. The molecular weight excluding hydrogens is 322 g/mol. The zero-order valence-corrected chi connectivity index (χ0v) is 13.4. The minimum atomic E-state index is -0.0498. The molecule has 0 unspecified atom stereocenters. The van der Waals surface area contributed by atoms with Gasteiger partial charge in [-0.15, -0.1) is 0 Å². The number of rotatable bonds is 2. The topological polar surface area (TPSA) is 44.8 Å². The van der Waals surface area contributed by atoms with Gasteiger partial charge in [0, 0.05) is 24.1 Å². The van der Waals surface area contributed by atoms with Crippen LogP contribution < -0.4 is 10.1 Å². The predicted octanol–water partition coefficient (Wildman–Crippen LogP) is 2.63. The molecule has 0 radical (unpaired) electrons. The molecule has 110 valence electrons.